The van der Waals surface area contributed by atoms with E-state index in [0.717, 1.165) is 12.5 Å². The second kappa shape index (κ2) is 6.77. The third-order valence-corrected chi connectivity index (χ3v) is 3.48. The zero-order valence-electron chi connectivity index (χ0n) is 13.4. The summed E-state index contributed by atoms with van der Waals surface area (Å²) in [5.74, 6) is 0.323. The predicted molar refractivity (Wildman–Crippen MR) is 78.9 cm³/mol. The molecule has 0 saturated carbocycles. The third-order valence-electron chi connectivity index (χ3n) is 3.48. The van der Waals surface area contributed by atoms with Crippen molar-refractivity contribution in [3.05, 3.63) is 29.6 Å². The van der Waals surface area contributed by atoms with Gasteiger partial charge < -0.3 is 5.32 Å². The van der Waals surface area contributed by atoms with Crippen LogP contribution in [-0.2, 0) is 6.18 Å². The van der Waals surface area contributed by atoms with Crippen molar-refractivity contribution in [3.8, 4) is 0 Å². The first-order valence-corrected chi connectivity index (χ1v) is 7.23. The standard InChI is InChI=1S/C16H25F3N2/c1-11(9-15(2,3)4)8-14(20-5)12-10-21-7-6-13(12)16(17,18)19/h6-7,10-11,14,20H,8-9H2,1-5H3. The Morgan fingerprint density at radius 1 is 1.24 bits per heavy atom. The van der Waals surface area contributed by atoms with Gasteiger partial charge in [0.1, 0.15) is 0 Å². The lowest BCUT2D eigenvalue weighted by atomic mass is 9.82. The smallest absolute Gasteiger partial charge is 0.313 e. The molecule has 0 aliphatic heterocycles. The fourth-order valence-corrected chi connectivity index (χ4v) is 2.87. The van der Waals surface area contributed by atoms with Gasteiger partial charge in [-0.15, -0.1) is 0 Å². The molecular weight excluding hydrogens is 277 g/mol. The van der Waals surface area contributed by atoms with E-state index in [4.69, 9.17) is 0 Å². The molecule has 0 bridgehead atoms. The van der Waals surface area contributed by atoms with E-state index in [0.29, 0.717) is 12.3 Å². The van der Waals surface area contributed by atoms with E-state index < -0.39 is 11.7 Å². The Kier molecular flexibility index (Phi) is 5.79. The highest BCUT2D eigenvalue weighted by Crippen LogP contribution is 2.37. The lowest BCUT2D eigenvalue weighted by Gasteiger charge is -2.28. The normalized spacial score (nSPS) is 15.8. The zero-order valence-corrected chi connectivity index (χ0v) is 13.4. The lowest BCUT2D eigenvalue weighted by molar-refractivity contribution is -0.138. The maximum Gasteiger partial charge on any atom is 0.416 e. The first-order chi connectivity index (χ1) is 9.54. The highest BCUT2D eigenvalue weighted by molar-refractivity contribution is 5.29. The molecule has 2 unspecified atom stereocenters. The Labute approximate surface area is 125 Å². The summed E-state index contributed by atoms with van der Waals surface area (Å²) < 4.78 is 39.3. The highest BCUT2D eigenvalue weighted by Gasteiger charge is 2.35. The minimum Gasteiger partial charge on any atom is -0.313 e. The summed E-state index contributed by atoms with van der Waals surface area (Å²) in [7, 11) is 1.70. The molecule has 0 aliphatic carbocycles. The van der Waals surface area contributed by atoms with E-state index >= 15 is 0 Å². The minimum atomic E-state index is -4.35. The molecule has 0 fully saturated rings. The van der Waals surface area contributed by atoms with Gasteiger partial charge in [-0.2, -0.15) is 13.2 Å². The van der Waals surface area contributed by atoms with Gasteiger partial charge in [0.15, 0.2) is 0 Å². The van der Waals surface area contributed by atoms with Crippen LogP contribution in [-0.4, -0.2) is 12.0 Å². The van der Waals surface area contributed by atoms with E-state index in [2.05, 4.69) is 38.0 Å². The van der Waals surface area contributed by atoms with Crippen LogP contribution in [0.1, 0.15) is 57.7 Å². The molecule has 120 valence electrons. The van der Waals surface area contributed by atoms with Crippen LogP contribution in [0.5, 0.6) is 0 Å². The number of nitrogens with one attached hydrogen (secondary N) is 1. The van der Waals surface area contributed by atoms with Crippen LogP contribution in [0.2, 0.25) is 0 Å². The summed E-state index contributed by atoms with van der Waals surface area (Å²) in [4.78, 5) is 3.87. The van der Waals surface area contributed by atoms with Crippen LogP contribution in [0.4, 0.5) is 13.2 Å². The monoisotopic (exact) mass is 302 g/mol. The average Bonchev–Trinajstić information content (AvgIpc) is 2.32. The first kappa shape index (κ1) is 18.0. The Morgan fingerprint density at radius 3 is 2.33 bits per heavy atom. The summed E-state index contributed by atoms with van der Waals surface area (Å²) in [6, 6.07) is 0.710. The number of alkyl halides is 3. The number of hydrogen-bond acceptors (Lipinski definition) is 2. The van der Waals surface area contributed by atoms with E-state index in [1.807, 2.05) is 0 Å². The molecule has 0 spiro atoms. The highest BCUT2D eigenvalue weighted by atomic mass is 19.4. The number of hydrogen-bond donors (Lipinski definition) is 1. The van der Waals surface area contributed by atoms with Gasteiger partial charge in [0.25, 0.3) is 0 Å². The zero-order chi connectivity index (χ0) is 16.3. The molecule has 1 aromatic heterocycles. The van der Waals surface area contributed by atoms with Crippen molar-refractivity contribution in [1.82, 2.24) is 10.3 Å². The van der Waals surface area contributed by atoms with Crippen molar-refractivity contribution in [3.63, 3.8) is 0 Å². The van der Waals surface area contributed by atoms with Gasteiger partial charge in [-0.25, -0.2) is 0 Å². The van der Waals surface area contributed by atoms with Crippen molar-refractivity contribution in [1.29, 1.82) is 0 Å². The maximum atomic E-state index is 13.1. The topological polar surface area (TPSA) is 24.9 Å². The second-order valence-electron chi connectivity index (χ2n) is 6.91. The minimum absolute atomic E-state index is 0.166. The van der Waals surface area contributed by atoms with E-state index in [1.165, 1.54) is 12.4 Å². The SMILES string of the molecule is CNC(CC(C)CC(C)(C)C)c1cnccc1C(F)(F)F. The molecule has 0 aliphatic rings. The van der Waals surface area contributed by atoms with E-state index in [-0.39, 0.29) is 17.0 Å². The lowest BCUT2D eigenvalue weighted by Crippen LogP contribution is -2.24. The average molecular weight is 302 g/mol. The number of pyridine rings is 1. The first-order valence-electron chi connectivity index (χ1n) is 7.23. The molecule has 1 aromatic rings. The third kappa shape index (κ3) is 5.65. The number of rotatable bonds is 5. The van der Waals surface area contributed by atoms with Gasteiger partial charge in [-0.1, -0.05) is 27.7 Å². The van der Waals surface area contributed by atoms with Crippen molar-refractivity contribution in [2.24, 2.45) is 11.3 Å². The molecule has 21 heavy (non-hydrogen) atoms. The van der Waals surface area contributed by atoms with Crippen molar-refractivity contribution >= 4 is 0 Å². The van der Waals surface area contributed by atoms with Gasteiger partial charge in [0, 0.05) is 18.4 Å². The molecule has 1 rings (SSSR count). The van der Waals surface area contributed by atoms with Crippen LogP contribution in [0, 0.1) is 11.3 Å². The van der Waals surface area contributed by atoms with Gasteiger partial charge in [-0.3, -0.25) is 4.98 Å². The fraction of sp³-hybridized carbons (Fsp3) is 0.688. The second-order valence-corrected chi connectivity index (χ2v) is 6.91. The Hall–Kier alpha value is -1.10. The molecule has 2 nitrogen and oxygen atoms in total. The molecular formula is C16H25F3N2. The predicted octanol–water partition coefficient (Wildman–Crippen LogP) is 4.82. The Morgan fingerprint density at radius 2 is 1.86 bits per heavy atom. The Balaban J connectivity index is 2.96. The molecule has 0 saturated heterocycles. The van der Waals surface area contributed by atoms with Crippen molar-refractivity contribution in [2.75, 3.05) is 7.05 Å². The number of halogens is 3. The van der Waals surface area contributed by atoms with Gasteiger partial charge in [0.2, 0.25) is 0 Å². The van der Waals surface area contributed by atoms with E-state index in [1.54, 1.807) is 7.05 Å². The number of aromatic nitrogens is 1. The van der Waals surface area contributed by atoms with Crippen LogP contribution >= 0.6 is 0 Å². The molecule has 2 atom stereocenters. The van der Waals surface area contributed by atoms with Crippen molar-refractivity contribution in [2.45, 2.75) is 52.8 Å². The van der Waals surface area contributed by atoms with Crippen LogP contribution in [0.3, 0.4) is 0 Å². The molecule has 0 amide bonds. The van der Waals surface area contributed by atoms with Crippen LogP contribution in [0.25, 0.3) is 0 Å². The van der Waals surface area contributed by atoms with Gasteiger partial charge >= 0.3 is 6.18 Å². The molecule has 0 radical (unpaired) electrons. The summed E-state index contributed by atoms with van der Waals surface area (Å²) in [5, 5.41) is 3.01. The molecule has 1 N–H and O–H groups in total. The summed E-state index contributed by atoms with van der Waals surface area (Å²) >= 11 is 0. The summed E-state index contributed by atoms with van der Waals surface area (Å²) in [5.41, 5.74) is -0.201. The maximum absolute atomic E-state index is 13.1. The largest absolute Gasteiger partial charge is 0.416 e. The van der Waals surface area contributed by atoms with E-state index in [9.17, 15) is 13.2 Å². The van der Waals surface area contributed by atoms with Crippen molar-refractivity contribution < 1.29 is 13.2 Å². The molecule has 5 heteroatoms. The summed E-state index contributed by atoms with van der Waals surface area (Å²) in [6.07, 6.45) is -0.207. The molecule has 0 aromatic carbocycles. The van der Waals surface area contributed by atoms with Crippen LogP contribution < -0.4 is 5.32 Å². The molecule has 1 heterocycles. The quantitative estimate of drug-likeness (QED) is 0.843. The number of nitrogens with zero attached hydrogens (tertiary/aromatic N) is 1. The van der Waals surface area contributed by atoms with Crippen LogP contribution in [0.15, 0.2) is 18.5 Å². The van der Waals surface area contributed by atoms with Gasteiger partial charge in [-0.05, 0) is 42.9 Å². The van der Waals surface area contributed by atoms with Gasteiger partial charge in [0.05, 0.1) is 5.56 Å². The summed E-state index contributed by atoms with van der Waals surface area (Å²) in [6.45, 7) is 8.51. The Bertz CT molecular complexity index is 450. The fourth-order valence-electron chi connectivity index (χ4n) is 2.87.